The van der Waals surface area contributed by atoms with Gasteiger partial charge in [0.1, 0.15) is 0 Å². The lowest BCUT2D eigenvalue weighted by Gasteiger charge is -2.03. The Balaban J connectivity index is 1.92. The monoisotopic (exact) mass is 186 g/mol. The zero-order valence-electron chi connectivity index (χ0n) is 8.08. The Bertz CT molecular complexity index is 173. The molecule has 1 saturated carbocycles. The molecule has 1 rings (SSSR count). The second-order valence-electron chi connectivity index (χ2n) is 3.44. The molecular weight excluding hydrogens is 168 g/mol. The summed E-state index contributed by atoms with van der Waals surface area (Å²) in [6, 6.07) is 0.402. The molecule has 3 N–H and O–H groups in total. The zero-order valence-corrected chi connectivity index (χ0v) is 8.08. The van der Waals surface area contributed by atoms with Crippen LogP contribution in [0.15, 0.2) is 0 Å². The van der Waals surface area contributed by atoms with Gasteiger partial charge in [-0.15, -0.1) is 0 Å². The predicted octanol–water partition coefficient (Wildman–Crippen LogP) is 0.0189. The normalized spacial score (nSPS) is 25.7. The van der Waals surface area contributed by atoms with Crippen molar-refractivity contribution in [3.05, 3.63) is 0 Å². The van der Waals surface area contributed by atoms with Crippen molar-refractivity contribution in [1.82, 2.24) is 5.32 Å². The van der Waals surface area contributed by atoms with Crippen LogP contribution in [0.1, 0.15) is 26.2 Å². The first kappa shape index (κ1) is 10.5. The molecule has 0 heterocycles. The van der Waals surface area contributed by atoms with Gasteiger partial charge in [0, 0.05) is 25.1 Å². The van der Waals surface area contributed by atoms with Crippen LogP contribution in [-0.4, -0.2) is 31.2 Å². The third-order valence-corrected chi connectivity index (χ3v) is 2.01. The molecule has 1 aliphatic rings. The van der Waals surface area contributed by atoms with Crippen LogP contribution in [0.25, 0.3) is 0 Å². The topological polar surface area (TPSA) is 64.3 Å². The van der Waals surface area contributed by atoms with Crippen molar-refractivity contribution in [2.75, 3.05) is 13.2 Å². The summed E-state index contributed by atoms with van der Waals surface area (Å²) in [6.07, 6.45) is 2.36. The standard InChI is InChI=1S/C9H18N2O2/c1-2-4-13-5-3-9(12)11-8-6-7(8)10/h7-8H,2-6,10H2,1H3,(H,11,12). The maximum Gasteiger partial charge on any atom is 0.222 e. The molecule has 2 unspecified atom stereocenters. The molecule has 0 saturated heterocycles. The Labute approximate surface area is 78.8 Å². The summed E-state index contributed by atoms with van der Waals surface area (Å²) in [4.78, 5) is 11.2. The highest BCUT2D eigenvalue weighted by molar-refractivity contribution is 5.76. The van der Waals surface area contributed by atoms with E-state index in [1.165, 1.54) is 0 Å². The summed E-state index contributed by atoms with van der Waals surface area (Å²) in [5.74, 6) is 0.0500. The van der Waals surface area contributed by atoms with Crippen LogP contribution in [0.4, 0.5) is 0 Å². The Morgan fingerprint density at radius 2 is 2.31 bits per heavy atom. The Morgan fingerprint density at radius 1 is 1.62 bits per heavy atom. The minimum atomic E-state index is 0.0500. The van der Waals surface area contributed by atoms with Crippen LogP contribution in [0.3, 0.4) is 0 Å². The molecule has 1 amide bonds. The average Bonchev–Trinajstić information content (AvgIpc) is 2.76. The zero-order chi connectivity index (χ0) is 9.68. The summed E-state index contributed by atoms with van der Waals surface area (Å²) < 4.78 is 5.19. The maximum absolute atomic E-state index is 11.2. The third kappa shape index (κ3) is 4.24. The lowest BCUT2D eigenvalue weighted by atomic mass is 10.4. The number of nitrogens with one attached hydrogen (secondary N) is 1. The average molecular weight is 186 g/mol. The smallest absolute Gasteiger partial charge is 0.222 e. The quantitative estimate of drug-likeness (QED) is 0.575. The molecule has 2 atom stereocenters. The number of carbonyl (C=O) groups is 1. The van der Waals surface area contributed by atoms with E-state index in [0.29, 0.717) is 13.0 Å². The fourth-order valence-electron chi connectivity index (χ4n) is 1.07. The van der Waals surface area contributed by atoms with Gasteiger partial charge in [-0.2, -0.15) is 0 Å². The molecule has 0 spiro atoms. The van der Waals surface area contributed by atoms with E-state index in [-0.39, 0.29) is 18.0 Å². The van der Waals surface area contributed by atoms with Gasteiger partial charge in [0.25, 0.3) is 0 Å². The van der Waals surface area contributed by atoms with Gasteiger partial charge in [-0.25, -0.2) is 0 Å². The van der Waals surface area contributed by atoms with Gasteiger partial charge in [-0.05, 0) is 12.8 Å². The molecule has 13 heavy (non-hydrogen) atoms. The second-order valence-corrected chi connectivity index (χ2v) is 3.44. The van der Waals surface area contributed by atoms with E-state index >= 15 is 0 Å². The first-order chi connectivity index (χ1) is 6.24. The number of nitrogens with two attached hydrogens (primary N) is 1. The maximum atomic E-state index is 11.2. The van der Waals surface area contributed by atoms with Gasteiger partial charge in [0.05, 0.1) is 6.61 Å². The molecule has 0 aromatic carbocycles. The van der Waals surface area contributed by atoms with Crippen LogP contribution in [0, 0.1) is 0 Å². The number of carbonyl (C=O) groups excluding carboxylic acids is 1. The number of hydrogen-bond donors (Lipinski definition) is 2. The first-order valence-corrected chi connectivity index (χ1v) is 4.86. The highest BCUT2D eigenvalue weighted by Crippen LogP contribution is 2.17. The Morgan fingerprint density at radius 3 is 2.85 bits per heavy atom. The van der Waals surface area contributed by atoms with Crippen LogP contribution >= 0.6 is 0 Å². The number of hydrogen-bond acceptors (Lipinski definition) is 3. The summed E-state index contributed by atoms with van der Waals surface area (Å²) in [5.41, 5.74) is 5.55. The minimum Gasteiger partial charge on any atom is -0.381 e. The molecule has 76 valence electrons. The fraction of sp³-hybridized carbons (Fsp3) is 0.889. The van der Waals surface area contributed by atoms with Crippen LogP contribution in [0.2, 0.25) is 0 Å². The van der Waals surface area contributed by atoms with Crippen molar-refractivity contribution < 1.29 is 9.53 Å². The van der Waals surface area contributed by atoms with Gasteiger partial charge in [0.15, 0.2) is 0 Å². The van der Waals surface area contributed by atoms with E-state index in [4.69, 9.17) is 10.5 Å². The van der Waals surface area contributed by atoms with Crippen molar-refractivity contribution >= 4 is 5.91 Å². The van der Waals surface area contributed by atoms with Crippen molar-refractivity contribution in [3.8, 4) is 0 Å². The summed E-state index contributed by atoms with van der Waals surface area (Å²) in [5, 5.41) is 2.84. The van der Waals surface area contributed by atoms with E-state index < -0.39 is 0 Å². The Hall–Kier alpha value is -0.610. The summed E-state index contributed by atoms with van der Waals surface area (Å²) in [7, 11) is 0. The van der Waals surface area contributed by atoms with Crippen LogP contribution in [0.5, 0.6) is 0 Å². The molecule has 1 aliphatic carbocycles. The minimum absolute atomic E-state index is 0.0500. The van der Waals surface area contributed by atoms with Crippen molar-refractivity contribution in [2.24, 2.45) is 5.73 Å². The highest BCUT2D eigenvalue weighted by Gasteiger charge is 2.34. The largest absolute Gasteiger partial charge is 0.381 e. The molecule has 1 fully saturated rings. The van der Waals surface area contributed by atoms with E-state index in [1.807, 2.05) is 6.92 Å². The lowest BCUT2D eigenvalue weighted by molar-refractivity contribution is -0.122. The molecular formula is C9H18N2O2. The summed E-state index contributed by atoms with van der Waals surface area (Å²) in [6.45, 7) is 3.29. The highest BCUT2D eigenvalue weighted by atomic mass is 16.5. The van der Waals surface area contributed by atoms with Gasteiger partial charge >= 0.3 is 0 Å². The first-order valence-electron chi connectivity index (χ1n) is 4.86. The molecule has 0 aliphatic heterocycles. The van der Waals surface area contributed by atoms with E-state index in [0.717, 1.165) is 19.4 Å². The third-order valence-electron chi connectivity index (χ3n) is 2.01. The van der Waals surface area contributed by atoms with Crippen LogP contribution < -0.4 is 11.1 Å². The number of amides is 1. The molecule has 0 radical (unpaired) electrons. The van der Waals surface area contributed by atoms with E-state index in [9.17, 15) is 4.79 Å². The van der Waals surface area contributed by atoms with Crippen LogP contribution in [-0.2, 0) is 9.53 Å². The van der Waals surface area contributed by atoms with Gasteiger partial charge in [-0.3, -0.25) is 4.79 Å². The summed E-state index contributed by atoms with van der Waals surface area (Å²) >= 11 is 0. The molecule has 4 heteroatoms. The number of rotatable bonds is 6. The van der Waals surface area contributed by atoms with Crippen molar-refractivity contribution in [2.45, 2.75) is 38.3 Å². The molecule has 0 bridgehead atoms. The molecule has 4 nitrogen and oxygen atoms in total. The SMILES string of the molecule is CCCOCCC(=O)NC1CC1N. The molecule has 0 aromatic rings. The van der Waals surface area contributed by atoms with Crippen molar-refractivity contribution in [3.63, 3.8) is 0 Å². The van der Waals surface area contributed by atoms with E-state index in [1.54, 1.807) is 0 Å². The fourth-order valence-corrected chi connectivity index (χ4v) is 1.07. The molecule has 0 aromatic heterocycles. The number of ether oxygens (including phenoxy) is 1. The van der Waals surface area contributed by atoms with Gasteiger partial charge in [0.2, 0.25) is 5.91 Å². The van der Waals surface area contributed by atoms with E-state index in [2.05, 4.69) is 5.32 Å². The van der Waals surface area contributed by atoms with Crippen molar-refractivity contribution in [1.29, 1.82) is 0 Å². The predicted molar refractivity (Wildman–Crippen MR) is 50.3 cm³/mol. The Kier molecular flexibility index (Phi) is 4.18. The lowest BCUT2D eigenvalue weighted by Crippen LogP contribution is -2.30. The van der Waals surface area contributed by atoms with Gasteiger partial charge in [-0.1, -0.05) is 6.92 Å². The second kappa shape index (κ2) is 5.19. The van der Waals surface area contributed by atoms with Gasteiger partial charge < -0.3 is 15.8 Å².